The fourth-order valence-corrected chi connectivity index (χ4v) is 3.62. The number of fused-ring (bicyclic) bond motifs is 1. The molecule has 1 amide bonds. The molecule has 0 radical (unpaired) electrons. The van der Waals surface area contributed by atoms with Crippen LogP contribution >= 0.6 is 11.6 Å². The molecule has 0 fully saturated rings. The molecule has 0 spiro atoms. The van der Waals surface area contributed by atoms with Gasteiger partial charge >= 0.3 is 5.97 Å². The summed E-state index contributed by atoms with van der Waals surface area (Å²) >= 11 is 6.01. The van der Waals surface area contributed by atoms with Crippen LogP contribution in [0.15, 0.2) is 48.5 Å². The van der Waals surface area contributed by atoms with Gasteiger partial charge in [0.2, 0.25) is 5.91 Å². The van der Waals surface area contributed by atoms with Gasteiger partial charge in [-0.1, -0.05) is 54.9 Å². The Bertz CT molecular complexity index is 805. The molecule has 0 aromatic heterocycles. The highest BCUT2D eigenvalue weighted by Crippen LogP contribution is 2.29. The summed E-state index contributed by atoms with van der Waals surface area (Å²) in [6.45, 7) is 2.54. The predicted octanol–water partition coefficient (Wildman–Crippen LogP) is 3.73. The van der Waals surface area contributed by atoms with Crippen LogP contribution in [0.4, 0.5) is 0 Å². The molecule has 2 unspecified atom stereocenters. The van der Waals surface area contributed by atoms with Gasteiger partial charge in [0.05, 0.1) is 5.92 Å². The molecule has 0 aliphatic carbocycles. The maximum absolute atomic E-state index is 12.9. The molecule has 1 N–H and O–H groups in total. The third kappa shape index (κ3) is 3.85. The molecule has 130 valence electrons. The molecule has 25 heavy (non-hydrogen) atoms. The van der Waals surface area contributed by atoms with Crippen LogP contribution in [0.3, 0.4) is 0 Å². The average molecular weight is 358 g/mol. The number of carboxylic acids is 1. The maximum Gasteiger partial charge on any atom is 0.312 e. The summed E-state index contributed by atoms with van der Waals surface area (Å²) in [4.78, 5) is 26.2. The van der Waals surface area contributed by atoms with Crippen molar-refractivity contribution in [3.63, 3.8) is 0 Å². The van der Waals surface area contributed by atoms with Crippen molar-refractivity contribution in [3.05, 3.63) is 70.2 Å². The van der Waals surface area contributed by atoms with E-state index in [2.05, 4.69) is 0 Å². The van der Waals surface area contributed by atoms with Gasteiger partial charge in [-0.05, 0) is 35.2 Å². The average Bonchev–Trinajstić information content (AvgIpc) is 2.60. The molecule has 0 saturated carbocycles. The predicted molar refractivity (Wildman–Crippen MR) is 96.6 cm³/mol. The van der Waals surface area contributed by atoms with Crippen molar-refractivity contribution in [2.45, 2.75) is 25.8 Å². The molecule has 1 heterocycles. The first-order valence-electron chi connectivity index (χ1n) is 8.29. The normalized spacial score (nSPS) is 17.7. The fraction of sp³-hybridized carbons (Fsp3) is 0.300. The molecule has 2 aromatic rings. The number of aliphatic carboxylic acids is 1. The number of halogens is 1. The van der Waals surface area contributed by atoms with E-state index < -0.39 is 11.9 Å². The van der Waals surface area contributed by atoms with Gasteiger partial charge in [0.25, 0.3) is 0 Å². The van der Waals surface area contributed by atoms with Crippen molar-refractivity contribution in [2.75, 3.05) is 6.54 Å². The van der Waals surface area contributed by atoms with Crippen molar-refractivity contribution in [1.29, 1.82) is 0 Å². The summed E-state index contributed by atoms with van der Waals surface area (Å²) in [5, 5.41) is 10.2. The largest absolute Gasteiger partial charge is 0.481 e. The van der Waals surface area contributed by atoms with Gasteiger partial charge in [-0.25, -0.2) is 0 Å². The Hall–Kier alpha value is -2.33. The Morgan fingerprint density at radius 3 is 2.72 bits per heavy atom. The van der Waals surface area contributed by atoms with Crippen LogP contribution in [0.2, 0.25) is 5.02 Å². The Morgan fingerprint density at radius 1 is 1.24 bits per heavy atom. The number of carbonyl (C=O) groups excluding carboxylic acids is 1. The van der Waals surface area contributed by atoms with Crippen LogP contribution < -0.4 is 0 Å². The molecule has 1 aliphatic heterocycles. The number of rotatable bonds is 4. The summed E-state index contributed by atoms with van der Waals surface area (Å²) < 4.78 is 0. The van der Waals surface area contributed by atoms with Crippen LogP contribution in [-0.4, -0.2) is 28.4 Å². The Balaban J connectivity index is 1.77. The molecular formula is C20H20ClNO3. The van der Waals surface area contributed by atoms with Crippen molar-refractivity contribution in [1.82, 2.24) is 4.90 Å². The lowest BCUT2D eigenvalue weighted by Crippen LogP contribution is -2.43. The second-order valence-corrected chi connectivity index (χ2v) is 6.98. The van der Waals surface area contributed by atoms with Crippen LogP contribution in [0.5, 0.6) is 0 Å². The number of hydrogen-bond acceptors (Lipinski definition) is 2. The summed E-state index contributed by atoms with van der Waals surface area (Å²) in [6.07, 6.45) is 0.579. The van der Waals surface area contributed by atoms with Crippen LogP contribution in [0, 0.1) is 5.92 Å². The highest BCUT2D eigenvalue weighted by Gasteiger charge is 2.33. The minimum atomic E-state index is -0.896. The lowest BCUT2D eigenvalue weighted by Gasteiger charge is -2.34. The first-order chi connectivity index (χ1) is 12.0. The minimum Gasteiger partial charge on any atom is -0.481 e. The third-order valence-electron chi connectivity index (χ3n) is 4.66. The van der Waals surface area contributed by atoms with E-state index in [-0.39, 0.29) is 18.4 Å². The van der Waals surface area contributed by atoms with E-state index in [9.17, 15) is 14.7 Å². The summed E-state index contributed by atoms with van der Waals surface area (Å²) in [5.41, 5.74) is 2.71. The Labute approximate surface area is 152 Å². The van der Waals surface area contributed by atoms with Gasteiger partial charge in [0.1, 0.15) is 0 Å². The molecule has 5 heteroatoms. The molecule has 2 atom stereocenters. The van der Waals surface area contributed by atoms with E-state index in [0.29, 0.717) is 18.0 Å². The first kappa shape index (κ1) is 17.5. The highest BCUT2D eigenvalue weighted by atomic mass is 35.5. The topological polar surface area (TPSA) is 57.6 Å². The van der Waals surface area contributed by atoms with E-state index in [1.165, 1.54) is 0 Å². The zero-order valence-corrected chi connectivity index (χ0v) is 14.7. The second kappa shape index (κ2) is 7.28. The summed E-state index contributed by atoms with van der Waals surface area (Å²) in [7, 11) is 0. The minimum absolute atomic E-state index is 0.0271. The zero-order valence-electron chi connectivity index (χ0n) is 14.0. The Kier molecular flexibility index (Phi) is 5.09. The molecular weight excluding hydrogens is 338 g/mol. The second-order valence-electron chi connectivity index (χ2n) is 6.54. The quantitative estimate of drug-likeness (QED) is 0.907. The van der Waals surface area contributed by atoms with Gasteiger partial charge in [-0.3, -0.25) is 9.59 Å². The van der Waals surface area contributed by atoms with Crippen molar-refractivity contribution in [3.8, 4) is 0 Å². The lowest BCUT2D eigenvalue weighted by atomic mass is 9.88. The van der Waals surface area contributed by atoms with Gasteiger partial charge in [0, 0.05) is 24.0 Å². The molecule has 3 rings (SSSR count). The number of hydrogen-bond donors (Lipinski definition) is 1. The SMILES string of the molecule is CC(Cc1cccc(Cl)c1)C(=O)N1Cc2ccccc2C(C(=O)O)C1. The first-order valence-corrected chi connectivity index (χ1v) is 8.67. The van der Waals surface area contributed by atoms with Crippen molar-refractivity contribution < 1.29 is 14.7 Å². The molecule has 1 aliphatic rings. The van der Waals surface area contributed by atoms with Gasteiger partial charge in [-0.15, -0.1) is 0 Å². The summed E-state index contributed by atoms with van der Waals surface area (Å²) in [5.74, 6) is -1.83. The highest BCUT2D eigenvalue weighted by molar-refractivity contribution is 6.30. The van der Waals surface area contributed by atoms with Crippen molar-refractivity contribution >= 4 is 23.5 Å². The monoisotopic (exact) mass is 357 g/mol. The number of nitrogens with zero attached hydrogens (tertiary/aromatic N) is 1. The van der Waals surface area contributed by atoms with Crippen LogP contribution in [0.1, 0.15) is 29.5 Å². The number of amides is 1. The lowest BCUT2D eigenvalue weighted by molar-refractivity contribution is -0.142. The van der Waals surface area contributed by atoms with E-state index in [1.807, 2.05) is 49.4 Å². The zero-order chi connectivity index (χ0) is 18.0. The number of carboxylic acid groups (broad SMARTS) is 1. The molecule has 4 nitrogen and oxygen atoms in total. The van der Waals surface area contributed by atoms with Gasteiger partial charge in [0.15, 0.2) is 0 Å². The molecule has 0 bridgehead atoms. The molecule has 0 saturated heterocycles. The number of carbonyl (C=O) groups is 2. The van der Waals surface area contributed by atoms with Crippen LogP contribution in [0.25, 0.3) is 0 Å². The van der Waals surface area contributed by atoms with E-state index in [4.69, 9.17) is 11.6 Å². The maximum atomic E-state index is 12.9. The Morgan fingerprint density at radius 2 is 2.00 bits per heavy atom. The van der Waals surface area contributed by atoms with Gasteiger partial charge in [-0.2, -0.15) is 0 Å². The van der Waals surface area contributed by atoms with Crippen LogP contribution in [-0.2, 0) is 22.6 Å². The van der Waals surface area contributed by atoms with Gasteiger partial charge < -0.3 is 10.0 Å². The third-order valence-corrected chi connectivity index (χ3v) is 4.89. The summed E-state index contributed by atoms with van der Waals surface area (Å²) in [6, 6.07) is 14.9. The van der Waals surface area contributed by atoms with E-state index in [0.717, 1.165) is 16.7 Å². The number of benzene rings is 2. The standard InChI is InChI=1S/C20H20ClNO3/c1-13(9-14-5-4-7-16(21)10-14)19(23)22-11-15-6-2-3-8-17(15)18(12-22)20(24)25/h2-8,10,13,18H,9,11-12H2,1H3,(H,24,25). The van der Waals surface area contributed by atoms with E-state index in [1.54, 1.807) is 11.0 Å². The molecule has 2 aromatic carbocycles. The smallest absolute Gasteiger partial charge is 0.312 e. The fourth-order valence-electron chi connectivity index (χ4n) is 3.40. The van der Waals surface area contributed by atoms with E-state index >= 15 is 0 Å². The van der Waals surface area contributed by atoms with Crippen molar-refractivity contribution in [2.24, 2.45) is 5.92 Å².